The van der Waals surface area contributed by atoms with Gasteiger partial charge in [-0.15, -0.1) is 0 Å². The molecule has 0 aromatic rings. The van der Waals surface area contributed by atoms with E-state index in [1.165, 1.54) is 58.0 Å². The molecule has 2 fully saturated rings. The molecule has 0 aromatic heterocycles. The van der Waals surface area contributed by atoms with Gasteiger partial charge in [0, 0.05) is 12.6 Å². The molecule has 2 rings (SSSR count). The Labute approximate surface area is 76.1 Å². The predicted molar refractivity (Wildman–Crippen MR) is 52.0 cm³/mol. The second-order valence-electron chi connectivity index (χ2n) is 4.22. The minimum atomic E-state index is 0.940. The van der Waals surface area contributed by atoms with Crippen molar-refractivity contribution in [3.63, 3.8) is 0 Å². The topological polar surface area (TPSA) is 3.24 Å². The number of nitrogens with zero attached hydrogens (tertiary/aromatic N) is 1. The summed E-state index contributed by atoms with van der Waals surface area (Å²) in [7, 11) is 0. The van der Waals surface area contributed by atoms with Gasteiger partial charge in [-0.25, -0.2) is 0 Å². The zero-order valence-electron chi connectivity index (χ0n) is 7.97. The highest BCUT2D eigenvalue weighted by atomic mass is 15.2. The fourth-order valence-electron chi connectivity index (χ4n) is 2.56. The molecule has 0 aromatic carbocycles. The lowest BCUT2D eigenvalue weighted by atomic mass is 9.93. The van der Waals surface area contributed by atoms with Gasteiger partial charge in [-0.3, -0.25) is 0 Å². The molecule has 1 saturated heterocycles. The molecule has 0 unspecified atom stereocenters. The van der Waals surface area contributed by atoms with Crippen molar-refractivity contribution in [1.29, 1.82) is 0 Å². The first kappa shape index (κ1) is 8.55. The van der Waals surface area contributed by atoms with Gasteiger partial charge in [-0.1, -0.05) is 19.3 Å². The largest absolute Gasteiger partial charge is 0.300 e. The van der Waals surface area contributed by atoms with Crippen LogP contribution in [0.4, 0.5) is 0 Å². The average molecular weight is 166 g/mol. The molecule has 1 aliphatic heterocycles. The van der Waals surface area contributed by atoms with Gasteiger partial charge in [0.25, 0.3) is 0 Å². The van der Waals surface area contributed by atoms with Gasteiger partial charge in [0.2, 0.25) is 0 Å². The van der Waals surface area contributed by atoms with Crippen molar-refractivity contribution in [2.75, 3.05) is 13.1 Å². The van der Waals surface area contributed by atoms with Crippen molar-refractivity contribution in [2.45, 2.75) is 51.0 Å². The number of hydrogen-bond donors (Lipinski definition) is 0. The summed E-state index contributed by atoms with van der Waals surface area (Å²) in [4.78, 5) is 2.70. The fraction of sp³-hybridized carbons (Fsp3) is 0.909. The molecule has 69 valence electrons. The minimum Gasteiger partial charge on any atom is -0.300 e. The fourth-order valence-corrected chi connectivity index (χ4v) is 2.56. The first-order valence-corrected chi connectivity index (χ1v) is 5.52. The van der Waals surface area contributed by atoms with E-state index in [1.54, 1.807) is 0 Å². The Balaban J connectivity index is 1.80. The molecule has 1 nitrogen and oxygen atoms in total. The number of piperidine rings is 1. The standard InChI is InChI=1S/C11H20N/c1-3-7-11(8-4-1)12-9-5-2-6-10-12/h5,11H,1-4,6-10H2. The van der Waals surface area contributed by atoms with Crippen molar-refractivity contribution in [1.82, 2.24) is 4.90 Å². The number of likely N-dealkylation sites (tertiary alicyclic amines) is 1. The summed E-state index contributed by atoms with van der Waals surface area (Å²) in [6.07, 6.45) is 12.6. The summed E-state index contributed by atoms with van der Waals surface area (Å²) in [5, 5.41) is 0. The van der Waals surface area contributed by atoms with E-state index >= 15 is 0 Å². The van der Waals surface area contributed by atoms with E-state index in [9.17, 15) is 0 Å². The molecule has 1 radical (unpaired) electrons. The van der Waals surface area contributed by atoms with Crippen LogP contribution in [0.2, 0.25) is 0 Å². The van der Waals surface area contributed by atoms with E-state index in [4.69, 9.17) is 0 Å². The van der Waals surface area contributed by atoms with Crippen LogP contribution in [-0.4, -0.2) is 24.0 Å². The van der Waals surface area contributed by atoms with E-state index in [-0.39, 0.29) is 0 Å². The molecule has 1 aliphatic carbocycles. The third-order valence-corrected chi connectivity index (χ3v) is 3.31. The summed E-state index contributed by atoms with van der Waals surface area (Å²) in [5.41, 5.74) is 0. The molecule has 0 bridgehead atoms. The molecule has 1 heterocycles. The molecule has 1 heteroatoms. The van der Waals surface area contributed by atoms with Gasteiger partial charge in [0.05, 0.1) is 0 Å². The van der Waals surface area contributed by atoms with Crippen LogP contribution in [0.25, 0.3) is 0 Å². The maximum absolute atomic E-state index is 2.70. The molecule has 2 aliphatic rings. The molecule has 0 atom stereocenters. The van der Waals surface area contributed by atoms with E-state index in [1.807, 2.05) is 0 Å². The highest BCUT2D eigenvalue weighted by molar-refractivity contribution is 4.84. The zero-order chi connectivity index (χ0) is 8.23. The Morgan fingerprint density at radius 1 is 1.00 bits per heavy atom. The Morgan fingerprint density at radius 2 is 1.83 bits per heavy atom. The van der Waals surface area contributed by atoms with Gasteiger partial charge < -0.3 is 4.90 Å². The SMILES string of the molecule is [CH]1CCCN(C2CCCCC2)C1. The summed E-state index contributed by atoms with van der Waals surface area (Å²) in [5.74, 6) is 0. The van der Waals surface area contributed by atoms with Gasteiger partial charge in [-0.05, 0) is 38.6 Å². The minimum absolute atomic E-state index is 0.940. The normalized spacial score (nSPS) is 29.0. The van der Waals surface area contributed by atoms with E-state index < -0.39 is 0 Å². The highest BCUT2D eigenvalue weighted by Crippen LogP contribution is 2.24. The maximum Gasteiger partial charge on any atom is 0.00953 e. The van der Waals surface area contributed by atoms with Crippen LogP contribution >= 0.6 is 0 Å². The van der Waals surface area contributed by atoms with Gasteiger partial charge in [0.15, 0.2) is 0 Å². The number of hydrogen-bond acceptors (Lipinski definition) is 1. The summed E-state index contributed by atoms with van der Waals surface area (Å²) < 4.78 is 0. The second-order valence-corrected chi connectivity index (χ2v) is 4.22. The van der Waals surface area contributed by atoms with Crippen molar-refractivity contribution in [3.05, 3.63) is 6.42 Å². The van der Waals surface area contributed by atoms with Crippen LogP contribution in [0.3, 0.4) is 0 Å². The van der Waals surface area contributed by atoms with Crippen molar-refractivity contribution >= 4 is 0 Å². The highest BCUT2D eigenvalue weighted by Gasteiger charge is 2.21. The quantitative estimate of drug-likeness (QED) is 0.579. The first-order valence-electron chi connectivity index (χ1n) is 5.52. The summed E-state index contributed by atoms with van der Waals surface area (Å²) >= 11 is 0. The predicted octanol–water partition coefficient (Wildman–Crippen LogP) is 2.62. The molecule has 0 amide bonds. The van der Waals surface area contributed by atoms with E-state index in [0.29, 0.717) is 0 Å². The van der Waals surface area contributed by atoms with Gasteiger partial charge in [0.1, 0.15) is 0 Å². The Bertz CT molecular complexity index is 105. The summed E-state index contributed by atoms with van der Waals surface area (Å²) in [6.45, 7) is 2.63. The lowest BCUT2D eigenvalue weighted by molar-refractivity contribution is 0.150. The van der Waals surface area contributed by atoms with Gasteiger partial charge >= 0.3 is 0 Å². The van der Waals surface area contributed by atoms with Crippen molar-refractivity contribution in [2.24, 2.45) is 0 Å². The van der Waals surface area contributed by atoms with E-state index in [0.717, 1.165) is 6.04 Å². The monoisotopic (exact) mass is 166 g/mol. The van der Waals surface area contributed by atoms with Crippen LogP contribution in [0.15, 0.2) is 0 Å². The third-order valence-electron chi connectivity index (χ3n) is 3.31. The maximum atomic E-state index is 2.70. The van der Waals surface area contributed by atoms with Crippen LogP contribution in [-0.2, 0) is 0 Å². The second kappa shape index (κ2) is 4.27. The Kier molecular flexibility index (Phi) is 3.04. The van der Waals surface area contributed by atoms with Crippen LogP contribution in [0, 0.1) is 6.42 Å². The first-order chi connectivity index (χ1) is 5.97. The average Bonchev–Trinajstić information content (AvgIpc) is 2.21. The van der Waals surface area contributed by atoms with Crippen molar-refractivity contribution in [3.8, 4) is 0 Å². The molecular weight excluding hydrogens is 146 g/mol. The smallest absolute Gasteiger partial charge is 0.00953 e. The van der Waals surface area contributed by atoms with Crippen LogP contribution < -0.4 is 0 Å². The van der Waals surface area contributed by atoms with Crippen molar-refractivity contribution < 1.29 is 0 Å². The Hall–Kier alpha value is -0.0400. The van der Waals surface area contributed by atoms with E-state index in [2.05, 4.69) is 11.3 Å². The molecule has 1 saturated carbocycles. The molecule has 12 heavy (non-hydrogen) atoms. The lowest BCUT2D eigenvalue weighted by Gasteiger charge is -2.36. The Morgan fingerprint density at radius 3 is 2.50 bits per heavy atom. The molecular formula is C11H20N. The molecule has 0 N–H and O–H groups in total. The van der Waals surface area contributed by atoms with Crippen LogP contribution in [0.1, 0.15) is 44.9 Å². The van der Waals surface area contributed by atoms with Gasteiger partial charge in [-0.2, -0.15) is 0 Å². The summed E-state index contributed by atoms with van der Waals surface area (Å²) in [6, 6.07) is 0.940. The lowest BCUT2D eigenvalue weighted by Crippen LogP contribution is -2.40. The number of rotatable bonds is 1. The zero-order valence-corrected chi connectivity index (χ0v) is 7.97. The van der Waals surface area contributed by atoms with Crippen LogP contribution in [0.5, 0.6) is 0 Å². The molecule has 0 spiro atoms. The third kappa shape index (κ3) is 2.01.